The quantitative estimate of drug-likeness (QED) is 0.274. The average molecular weight is 499 g/mol. The number of aromatic nitrogens is 2. The topological polar surface area (TPSA) is 94.1 Å². The van der Waals surface area contributed by atoms with Gasteiger partial charge in [-0.15, -0.1) is 0 Å². The molecule has 35 heavy (non-hydrogen) atoms. The molecule has 0 aliphatic carbocycles. The second-order valence-electron chi connectivity index (χ2n) is 8.12. The first-order chi connectivity index (χ1) is 17.0. The molecule has 2 N–H and O–H groups in total. The van der Waals surface area contributed by atoms with E-state index in [4.69, 9.17) is 16.1 Å². The van der Waals surface area contributed by atoms with Crippen LogP contribution in [0, 0.1) is 12.5 Å². The monoisotopic (exact) mass is 498 g/mol. The van der Waals surface area contributed by atoms with Gasteiger partial charge in [-0.25, -0.2) is 14.1 Å². The third kappa shape index (κ3) is 6.93. The lowest BCUT2D eigenvalue weighted by Crippen LogP contribution is -2.30. The Kier molecular flexibility index (Phi) is 9.87. The normalized spacial score (nSPS) is 13.7. The number of likely N-dealkylation sites (tertiary alicyclic amines) is 1. The van der Waals surface area contributed by atoms with E-state index in [1.807, 2.05) is 37.1 Å². The molecule has 2 heterocycles. The van der Waals surface area contributed by atoms with Crippen LogP contribution < -0.4 is 19.3 Å². The second-order valence-corrected chi connectivity index (χ2v) is 8.85. The number of hydrogen-bond donors (Lipinski definition) is 2. The van der Waals surface area contributed by atoms with E-state index in [0.29, 0.717) is 29.6 Å². The molecule has 1 aromatic carbocycles. The minimum atomic E-state index is -0.312. The lowest BCUT2D eigenvalue weighted by atomic mass is 10.1. The number of anilines is 3. The van der Waals surface area contributed by atoms with Crippen LogP contribution >= 0.6 is 11.9 Å². The van der Waals surface area contributed by atoms with Gasteiger partial charge >= 0.3 is 6.09 Å². The molecule has 0 spiro atoms. The van der Waals surface area contributed by atoms with Crippen molar-refractivity contribution in [3.8, 4) is 18.2 Å². The zero-order chi connectivity index (χ0) is 25.2. The molecule has 1 unspecified atom stereocenters. The van der Waals surface area contributed by atoms with E-state index < -0.39 is 0 Å². The summed E-state index contributed by atoms with van der Waals surface area (Å²) in [6.07, 6.45) is 11.5. The molecule has 9 nitrogen and oxygen atoms in total. The Morgan fingerprint density at radius 2 is 1.97 bits per heavy atom. The summed E-state index contributed by atoms with van der Waals surface area (Å²) in [5.74, 6) is 1.66. The fraction of sp³-hybridized carbons (Fsp3) is 0.480. The number of aliphatic hydroxyl groups is 1. The van der Waals surface area contributed by atoms with E-state index in [-0.39, 0.29) is 18.7 Å². The lowest BCUT2D eigenvalue weighted by Gasteiger charge is -2.25. The van der Waals surface area contributed by atoms with Gasteiger partial charge in [-0.3, -0.25) is 0 Å². The number of aliphatic hydroxyl groups excluding tert-OH is 1. The van der Waals surface area contributed by atoms with Crippen molar-refractivity contribution in [3.63, 3.8) is 0 Å². The third-order valence-corrected chi connectivity index (χ3v) is 6.52. The zero-order valence-corrected chi connectivity index (χ0v) is 21.4. The second kappa shape index (κ2) is 13.1. The van der Waals surface area contributed by atoms with Crippen molar-refractivity contribution in [2.24, 2.45) is 0 Å². The van der Waals surface area contributed by atoms with Gasteiger partial charge in [-0.2, -0.15) is 4.98 Å². The maximum Gasteiger partial charge on any atom is 0.415 e. The van der Waals surface area contributed by atoms with Crippen molar-refractivity contribution in [2.75, 3.05) is 53.6 Å². The van der Waals surface area contributed by atoms with E-state index in [2.05, 4.69) is 16.3 Å². The molecule has 0 radical (unpaired) electrons. The van der Waals surface area contributed by atoms with E-state index in [1.54, 1.807) is 27.5 Å². The van der Waals surface area contributed by atoms with Crippen molar-refractivity contribution < 1.29 is 14.6 Å². The molecule has 2 aromatic rings. The van der Waals surface area contributed by atoms with Gasteiger partial charge in [-0.05, 0) is 62.8 Å². The minimum absolute atomic E-state index is 0.106. The largest absolute Gasteiger partial charge is 0.415 e. The Bertz CT molecular complexity index is 1000. The maximum absolute atomic E-state index is 12.2. The highest BCUT2D eigenvalue weighted by atomic mass is 32.2. The summed E-state index contributed by atoms with van der Waals surface area (Å²) >= 11 is 1.37. The molecule has 1 saturated heterocycles. The van der Waals surface area contributed by atoms with Crippen LogP contribution in [0.4, 0.5) is 22.2 Å². The number of amides is 1. The van der Waals surface area contributed by atoms with Crippen LogP contribution in [0.15, 0.2) is 30.5 Å². The zero-order valence-electron chi connectivity index (χ0n) is 20.6. The SMILES string of the molecule is C#CN(SC)c1cnc(N(CC)CC)nc1NC(CO)Cc1ccc(OC(=O)N2CCCC2)cc1. The molecule has 1 aliphatic heterocycles. The fourth-order valence-electron chi connectivity index (χ4n) is 3.90. The number of hydrogen-bond acceptors (Lipinski definition) is 9. The van der Waals surface area contributed by atoms with Crippen molar-refractivity contribution in [1.29, 1.82) is 0 Å². The van der Waals surface area contributed by atoms with Gasteiger partial charge in [0, 0.05) is 38.5 Å². The summed E-state index contributed by atoms with van der Waals surface area (Å²) in [7, 11) is 0. The van der Waals surface area contributed by atoms with Gasteiger partial charge in [-0.1, -0.05) is 18.6 Å². The average Bonchev–Trinajstić information content (AvgIpc) is 3.42. The van der Waals surface area contributed by atoms with Crippen LogP contribution in [0.2, 0.25) is 0 Å². The predicted molar refractivity (Wildman–Crippen MR) is 142 cm³/mol. The molecule has 10 heteroatoms. The number of rotatable bonds is 11. The summed E-state index contributed by atoms with van der Waals surface area (Å²) in [4.78, 5) is 25.2. The first kappa shape index (κ1) is 26.4. The van der Waals surface area contributed by atoms with Crippen LogP contribution in [0.1, 0.15) is 32.3 Å². The standard InChI is InChI=1S/C25H34N6O3S/c1-5-29(6-2)24-26-17-22(31(7-3)35-4)23(28-24)27-20(18-32)16-19-10-12-21(13-11-19)34-25(33)30-14-8-9-15-30/h3,10-13,17,20,32H,5-6,8-9,14-16,18H2,1-2,4H3,(H,26,27,28). The van der Waals surface area contributed by atoms with Crippen molar-refractivity contribution >= 4 is 35.5 Å². The third-order valence-electron chi connectivity index (χ3n) is 5.86. The number of terminal acetylenes is 1. The molecule has 1 atom stereocenters. The number of carbonyl (C=O) groups is 1. The first-order valence-electron chi connectivity index (χ1n) is 11.9. The summed E-state index contributed by atoms with van der Waals surface area (Å²) < 4.78 is 7.12. The number of benzene rings is 1. The van der Waals surface area contributed by atoms with Gasteiger partial charge < -0.3 is 25.0 Å². The van der Waals surface area contributed by atoms with Crippen LogP contribution in [0.25, 0.3) is 0 Å². The van der Waals surface area contributed by atoms with Gasteiger partial charge in [0.25, 0.3) is 0 Å². The number of nitrogens with one attached hydrogen (secondary N) is 1. The first-order valence-corrected chi connectivity index (χ1v) is 13.1. The molecule has 0 saturated carbocycles. The highest BCUT2D eigenvalue weighted by Gasteiger charge is 2.21. The molecular weight excluding hydrogens is 464 g/mol. The van der Waals surface area contributed by atoms with Crippen molar-refractivity contribution in [2.45, 2.75) is 39.2 Å². The Labute approximate surface area is 212 Å². The lowest BCUT2D eigenvalue weighted by molar-refractivity contribution is 0.163. The molecule has 3 rings (SSSR count). The van der Waals surface area contributed by atoms with E-state index in [9.17, 15) is 9.90 Å². The van der Waals surface area contributed by atoms with E-state index in [0.717, 1.165) is 44.6 Å². The van der Waals surface area contributed by atoms with Crippen molar-refractivity contribution in [3.05, 3.63) is 36.0 Å². The molecular formula is C25H34N6O3S. The Morgan fingerprint density at radius 1 is 1.29 bits per heavy atom. The molecule has 1 aliphatic rings. The molecule has 1 fully saturated rings. The Balaban J connectivity index is 1.73. The van der Waals surface area contributed by atoms with Gasteiger partial charge in [0.2, 0.25) is 5.95 Å². The number of carbonyl (C=O) groups excluding carboxylic acids is 1. The van der Waals surface area contributed by atoms with E-state index >= 15 is 0 Å². The maximum atomic E-state index is 12.2. The van der Waals surface area contributed by atoms with Gasteiger partial charge in [0.1, 0.15) is 11.4 Å². The minimum Gasteiger partial charge on any atom is -0.410 e. The van der Waals surface area contributed by atoms with Crippen LogP contribution in [-0.4, -0.2) is 71.2 Å². The summed E-state index contributed by atoms with van der Waals surface area (Å²) in [5.41, 5.74) is 1.63. The summed E-state index contributed by atoms with van der Waals surface area (Å²) in [5, 5.41) is 13.5. The molecule has 188 valence electrons. The van der Waals surface area contributed by atoms with Gasteiger partial charge in [0.05, 0.1) is 18.8 Å². The summed E-state index contributed by atoms with van der Waals surface area (Å²) in [6.45, 7) is 7.03. The number of nitrogens with zero attached hydrogens (tertiary/aromatic N) is 5. The number of ether oxygens (including phenoxy) is 1. The van der Waals surface area contributed by atoms with Gasteiger partial charge in [0.15, 0.2) is 5.82 Å². The predicted octanol–water partition coefficient (Wildman–Crippen LogP) is 3.61. The Morgan fingerprint density at radius 3 is 2.54 bits per heavy atom. The fourth-order valence-corrected chi connectivity index (χ4v) is 4.33. The van der Waals surface area contributed by atoms with Crippen LogP contribution in [0.3, 0.4) is 0 Å². The summed E-state index contributed by atoms with van der Waals surface area (Å²) in [6, 6.07) is 9.66. The molecule has 1 amide bonds. The van der Waals surface area contributed by atoms with Crippen LogP contribution in [0.5, 0.6) is 5.75 Å². The highest BCUT2D eigenvalue weighted by Crippen LogP contribution is 2.29. The van der Waals surface area contributed by atoms with E-state index in [1.165, 1.54) is 11.9 Å². The van der Waals surface area contributed by atoms with Crippen molar-refractivity contribution in [1.82, 2.24) is 14.9 Å². The Hall–Kier alpha value is -3.16. The highest BCUT2D eigenvalue weighted by molar-refractivity contribution is 8.00. The molecule has 0 bridgehead atoms. The smallest absolute Gasteiger partial charge is 0.410 e. The van der Waals surface area contributed by atoms with Crippen LogP contribution in [-0.2, 0) is 6.42 Å². The molecule has 1 aromatic heterocycles.